The molecular formula is C20H16ClNO5. The molecule has 27 heavy (non-hydrogen) atoms. The number of para-hydroxylation sites is 1. The van der Waals surface area contributed by atoms with Crippen molar-refractivity contribution in [3.63, 3.8) is 0 Å². The number of aromatic nitrogens is 1. The largest absolute Gasteiger partial charge is 0.492 e. The van der Waals surface area contributed by atoms with Gasteiger partial charge in [0.15, 0.2) is 5.78 Å². The second kappa shape index (κ2) is 7.63. The fourth-order valence-corrected chi connectivity index (χ4v) is 3.06. The number of carbonyl (C=O) groups is 2. The first-order valence-corrected chi connectivity index (χ1v) is 8.61. The van der Waals surface area contributed by atoms with Gasteiger partial charge in [0, 0.05) is 17.1 Å². The molecule has 7 heteroatoms. The van der Waals surface area contributed by atoms with E-state index >= 15 is 0 Å². The van der Waals surface area contributed by atoms with Crippen LogP contribution in [-0.4, -0.2) is 28.0 Å². The Kier molecular flexibility index (Phi) is 5.28. The molecule has 0 unspecified atom stereocenters. The molecule has 1 N–H and O–H groups in total. The smallest absolute Gasteiger partial charge is 0.341 e. The number of fused-ring (bicyclic) bond motifs is 1. The van der Waals surface area contributed by atoms with Crippen molar-refractivity contribution < 1.29 is 19.4 Å². The number of hydrogen-bond acceptors (Lipinski definition) is 4. The molecule has 2 aromatic carbocycles. The summed E-state index contributed by atoms with van der Waals surface area (Å²) in [5.41, 5.74) is -0.113. The predicted molar refractivity (Wildman–Crippen MR) is 102 cm³/mol. The van der Waals surface area contributed by atoms with Crippen LogP contribution in [0.25, 0.3) is 10.9 Å². The Morgan fingerprint density at radius 2 is 1.93 bits per heavy atom. The summed E-state index contributed by atoms with van der Waals surface area (Å²) < 4.78 is 6.82. The molecule has 0 radical (unpaired) electrons. The highest BCUT2D eigenvalue weighted by Crippen LogP contribution is 2.26. The molecule has 0 bridgehead atoms. The Morgan fingerprint density at radius 3 is 2.59 bits per heavy atom. The van der Waals surface area contributed by atoms with Gasteiger partial charge in [0.05, 0.1) is 23.7 Å². The molecule has 6 nitrogen and oxygen atoms in total. The van der Waals surface area contributed by atoms with Gasteiger partial charge in [-0.15, -0.1) is 0 Å². The van der Waals surface area contributed by atoms with E-state index in [1.165, 1.54) is 16.8 Å². The van der Waals surface area contributed by atoms with E-state index in [2.05, 4.69) is 0 Å². The van der Waals surface area contributed by atoms with Crippen LogP contribution in [0, 0.1) is 0 Å². The number of Topliss-reactive ketones (excluding diaryl/α,β-unsaturated/α-hetero) is 1. The third kappa shape index (κ3) is 3.71. The zero-order valence-electron chi connectivity index (χ0n) is 14.4. The minimum Gasteiger partial charge on any atom is -0.492 e. The summed E-state index contributed by atoms with van der Waals surface area (Å²) in [6, 6.07) is 11.3. The van der Waals surface area contributed by atoms with Gasteiger partial charge >= 0.3 is 5.97 Å². The van der Waals surface area contributed by atoms with E-state index in [1.54, 1.807) is 36.4 Å². The van der Waals surface area contributed by atoms with Gasteiger partial charge in [-0.3, -0.25) is 9.59 Å². The van der Waals surface area contributed by atoms with E-state index in [0.29, 0.717) is 28.5 Å². The van der Waals surface area contributed by atoms with Crippen molar-refractivity contribution in [1.82, 2.24) is 4.57 Å². The van der Waals surface area contributed by atoms with Crippen LogP contribution < -0.4 is 10.2 Å². The quantitative estimate of drug-likeness (QED) is 0.655. The van der Waals surface area contributed by atoms with E-state index < -0.39 is 11.4 Å². The van der Waals surface area contributed by atoms with Gasteiger partial charge in [0.2, 0.25) is 5.43 Å². The van der Waals surface area contributed by atoms with Crippen LogP contribution in [0.4, 0.5) is 0 Å². The summed E-state index contributed by atoms with van der Waals surface area (Å²) in [6.45, 7) is 2.15. The molecule has 0 atom stereocenters. The zero-order chi connectivity index (χ0) is 19.6. The van der Waals surface area contributed by atoms with Gasteiger partial charge < -0.3 is 14.4 Å². The van der Waals surface area contributed by atoms with Gasteiger partial charge in [0.1, 0.15) is 11.3 Å². The minimum absolute atomic E-state index is 0.134. The van der Waals surface area contributed by atoms with Crippen molar-refractivity contribution in [2.45, 2.75) is 13.5 Å². The second-order valence-electron chi connectivity index (χ2n) is 5.82. The molecule has 1 aromatic heterocycles. The molecule has 0 aliphatic carbocycles. The molecule has 3 rings (SSSR count). The first kappa shape index (κ1) is 18.7. The van der Waals surface area contributed by atoms with Crippen molar-refractivity contribution in [1.29, 1.82) is 0 Å². The SMILES string of the molecule is CCOc1ccc(C(=O)Cn2cc(C(=O)O)c(=O)c3ccccc32)cc1Cl. The average Bonchev–Trinajstić information content (AvgIpc) is 2.65. The third-order valence-corrected chi connectivity index (χ3v) is 4.38. The van der Waals surface area contributed by atoms with Crippen LogP contribution in [0.5, 0.6) is 5.75 Å². The molecule has 0 aliphatic rings. The van der Waals surface area contributed by atoms with Crippen LogP contribution >= 0.6 is 11.6 Å². The Hall–Kier alpha value is -3.12. The summed E-state index contributed by atoms with van der Waals surface area (Å²) in [6.07, 6.45) is 1.20. The predicted octanol–water partition coefficient (Wildman–Crippen LogP) is 3.63. The average molecular weight is 386 g/mol. The van der Waals surface area contributed by atoms with Crippen LogP contribution in [0.3, 0.4) is 0 Å². The maximum Gasteiger partial charge on any atom is 0.341 e. The number of halogens is 1. The van der Waals surface area contributed by atoms with Crippen molar-refractivity contribution >= 4 is 34.3 Å². The van der Waals surface area contributed by atoms with Crippen LogP contribution in [0.15, 0.2) is 53.5 Å². The molecule has 0 spiro atoms. The fraction of sp³-hybridized carbons (Fsp3) is 0.150. The molecule has 0 saturated heterocycles. The van der Waals surface area contributed by atoms with Crippen LogP contribution in [0.2, 0.25) is 5.02 Å². The number of carboxylic acid groups (broad SMARTS) is 1. The monoisotopic (exact) mass is 385 g/mol. The third-order valence-electron chi connectivity index (χ3n) is 4.09. The Labute approximate surface area is 159 Å². The number of ketones is 1. The molecule has 138 valence electrons. The Morgan fingerprint density at radius 1 is 1.19 bits per heavy atom. The summed E-state index contributed by atoms with van der Waals surface area (Å²) in [7, 11) is 0. The van der Waals surface area contributed by atoms with E-state index in [-0.39, 0.29) is 23.3 Å². The maximum atomic E-state index is 12.7. The number of hydrogen-bond donors (Lipinski definition) is 1. The number of rotatable bonds is 6. The van der Waals surface area contributed by atoms with Crippen LogP contribution in [-0.2, 0) is 6.54 Å². The second-order valence-corrected chi connectivity index (χ2v) is 6.23. The van der Waals surface area contributed by atoms with Gasteiger partial charge in [-0.1, -0.05) is 23.7 Å². The number of carboxylic acids is 1. The minimum atomic E-state index is -1.34. The molecule has 0 aliphatic heterocycles. The van der Waals surface area contributed by atoms with E-state index in [0.717, 1.165) is 0 Å². The first-order chi connectivity index (χ1) is 12.9. The normalized spacial score (nSPS) is 10.7. The highest BCUT2D eigenvalue weighted by molar-refractivity contribution is 6.32. The fourth-order valence-electron chi connectivity index (χ4n) is 2.82. The zero-order valence-corrected chi connectivity index (χ0v) is 15.2. The molecule has 0 amide bonds. The van der Waals surface area contributed by atoms with Crippen molar-refractivity contribution in [2.75, 3.05) is 6.61 Å². The van der Waals surface area contributed by atoms with Crippen molar-refractivity contribution in [3.05, 3.63) is 75.0 Å². The lowest BCUT2D eigenvalue weighted by Gasteiger charge is -2.12. The molecule has 0 fully saturated rings. The topological polar surface area (TPSA) is 85.6 Å². The van der Waals surface area contributed by atoms with E-state index in [9.17, 15) is 19.5 Å². The van der Waals surface area contributed by atoms with E-state index in [1.807, 2.05) is 6.92 Å². The number of aromatic carboxylic acids is 1. The lowest BCUT2D eigenvalue weighted by Crippen LogP contribution is -2.21. The number of carbonyl (C=O) groups excluding carboxylic acids is 1. The van der Waals surface area contributed by atoms with E-state index in [4.69, 9.17) is 16.3 Å². The summed E-state index contributed by atoms with van der Waals surface area (Å²) in [4.78, 5) is 36.4. The lowest BCUT2D eigenvalue weighted by molar-refractivity contribution is 0.0694. The van der Waals surface area contributed by atoms with Gasteiger partial charge in [0.25, 0.3) is 0 Å². The van der Waals surface area contributed by atoms with Crippen molar-refractivity contribution in [2.24, 2.45) is 0 Å². The summed E-state index contributed by atoms with van der Waals surface area (Å²) >= 11 is 6.13. The van der Waals surface area contributed by atoms with Crippen LogP contribution in [0.1, 0.15) is 27.6 Å². The molecule has 0 saturated carbocycles. The number of benzene rings is 2. The Balaban J connectivity index is 2.02. The molecular weight excluding hydrogens is 370 g/mol. The number of ether oxygens (including phenoxy) is 1. The molecule has 1 heterocycles. The van der Waals surface area contributed by atoms with Gasteiger partial charge in [-0.25, -0.2) is 4.79 Å². The molecule has 3 aromatic rings. The van der Waals surface area contributed by atoms with Crippen molar-refractivity contribution in [3.8, 4) is 5.75 Å². The summed E-state index contributed by atoms with van der Waals surface area (Å²) in [5.74, 6) is -1.13. The summed E-state index contributed by atoms with van der Waals surface area (Å²) in [5, 5.41) is 9.85. The maximum absolute atomic E-state index is 12.7. The standard InChI is InChI=1S/C20H16ClNO5/c1-2-27-18-8-7-12(9-15(18)21)17(23)11-22-10-14(20(25)26)19(24)13-5-3-4-6-16(13)22/h3-10H,2,11H2,1H3,(H,25,26). The Bertz CT molecular complexity index is 1100. The van der Waals surface area contributed by atoms with Gasteiger partial charge in [-0.2, -0.15) is 0 Å². The lowest BCUT2D eigenvalue weighted by atomic mass is 10.1. The first-order valence-electron chi connectivity index (χ1n) is 8.23. The highest BCUT2D eigenvalue weighted by atomic mass is 35.5. The number of pyridine rings is 1. The number of nitrogens with zero attached hydrogens (tertiary/aromatic N) is 1. The van der Waals surface area contributed by atoms with Gasteiger partial charge in [-0.05, 0) is 37.3 Å². The highest BCUT2D eigenvalue weighted by Gasteiger charge is 2.17.